The maximum Gasteiger partial charge on any atom is 0.213 e. The number of hydrogen-bond acceptors (Lipinski definition) is 4. The highest BCUT2D eigenvalue weighted by Gasteiger charge is 2.46. The second kappa shape index (κ2) is 4.37. The molecule has 3 rings (SSSR count). The summed E-state index contributed by atoms with van der Waals surface area (Å²) in [5, 5.41) is -0.0949. The molecule has 0 amide bonds. The molecule has 104 valence electrons. The van der Waals surface area contributed by atoms with Crippen molar-refractivity contribution in [3.8, 4) is 5.75 Å². The summed E-state index contributed by atoms with van der Waals surface area (Å²) in [5.41, 5.74) is 11.7. The number of rotatable bonds is 1. The lowest BCUT2D eigenvalue weighted by Crippen LogP contribution is -2.52. The van der Waals surface area contributed by atoms with Crippen LogP contribution in [0.3, 0.4) is 0 Å². The molecule has 20 heavy (non-hydrogen) atoms. The Morgan fingerprint density at radius 2 is 2.05 bits per heavy atom. The first-order valence-corrected chi connectivity index (χ1v) is 6.13. The van der Waals surface area contributed by atoms with Crippen molar-refractivity contribution in [3.05, 3.63) is 58.4 Å². The first-order valence-electron chi connectivity index (χ1n) is 5.75. The highest BCUT2D eigenvalue weighted by Crippen LogP contribution is 2.42. The topological polar surface area (TPSA) is 74.2 Å². The van der Waals surface area contributed by atoms with Gasteiger partial charge in [0.2, 0.25) is 5.95 Å². The fourth-order valence-electron chi connectivity index (χ4n) is 2.29. The Kier molecular flexibility index (Phi) is 2.89. The Bertz CT molecular complexity index is 697. The van der Waals surface area contributed by atoms with Crippen LogP contribution in [-0.4, -0.2) is 11.2 Å². The minimum absolute atomic E-state index is 0.0949. The van der Waals surface area contributed by atoms with Crippen LogP contribution in [0.4, 0.5) is 8.78 Å². The van der Waals surface area contributed by atoms with Gasteiger partial charge >= 0.3 is 0 Å². The minimum Gasteiger partial charge on any atom is -0.471 e. The average Bonchev–Trinajstić information content (AvgIpc) is 2.66. The van der Waals surface area contributed by atoms with E-state index in [1.54, 1.807) is 0 Å². The van der Waals surface area contributed by atoms with Gasteiger partial charge in [-0.1, -0.05) is 17.7 Å². The number of halogens is 3. The van der Waals surface area contributed by atoms with Crippen molar-refractivity contribution >= 4 is 11.6 Å². The largest absolute Gasteiger partial charge is 0.471 e. The summed E-state index contributed by atoms with van der Waals surface area (Å²) in [5.74, 6) is -0.987. The van der Waals surface area contributed by atoms with E-state index in [4.69, 9.17) is 27.8 Å². The number of hydrogen-bond donors (Lipinski definition) is 2. The fraction of sp³-hybridized carbons (Fsp3) is 0.154. The molecule has 1 aliphatic rings. The third kappa shape index (κ3) is 1.76. The summed E-state index contributed by atoms with van der Waals surface area (Å²) < 4.78 is 32.0. The molecule has 1 aromatic carbocycles. The van der Waals surface area contributed by atoms with Gasteiger partial charge in [0, 0.05) is 11.6 Å². The van der Waals surface area contributed by atoms with Crippen molar-refractivity contribution in [1.29, 1.82) is 0 Å². The zero-order chi connectivity index (χ0) is 14.5. The molecule has 0 saturated carbocycles. The van der Waals surface area contributed by atoms with E-state index in [9.17, 15) is 8.78 Å². The van der Waals surface area contributed by atoms with Gasteiger partial charge in [0.1, 0.15) is 17.1 Å². The van der Waals surface area contributed by atoms with Gasteiger partial charge in [-0.2, -0.15) is 4.39 Å². The summed E-state index contributed by atoms with van der Waals surface area (Å²) in [6.45, 7) is 0. The molecular weight excluding hydrogens is 288 g/mol. The van der Waals surface area contributed by atoms with Gasteiger partial charge in [-0.15, -0.1) is 0 Å². The van der Waals surface area contributed by atoms with E-state index in [0.29, 0.717) is 16.9 Å². The normalized spacial score (nSPS) is 24.4. The Hall–Kier alpha value is -1.76. The Morgan fingerprint density at radius 3 is 2.75 bits per heavy atom. The van der Waals surface area contributed by atoms with Crippen molar-refractivity contribution in [3.63, 3.8) is 0 Å². The second-order valence-corrected chi connectivity index (χ2v) is 4.95. The smallest absolute Gasteiger partial charge is 0.213 e. The van der Waals surface area contributed by atoms with Crippen LogP contribution in [0.25, 0.3) is 0 Å². The number of fused-ring (bicyclic) bond motifs is 1. The zero-order valence-corrected chi connectivity index (χ0v) is 10.9. The van der Waals surface area contributed by atoms with Gasteiger partial charge in [0.05, 0.1) is 11.2 Å². The Labute approximate surface area is 118 Å². The zero-order valence-electron chi connectivity index (χ0n) is 10.1. The number of nitrogens with two attached hydrogens (primary N) is 2. The molecule has 2 aromatic rings. The maximum atomic E-state index is 13.3. The van der Waals surface area contributed by atoms with Crippen molar-refractivity contribution < 1.29 is 13.5 Å². The Morgan fingerprint density at radius 1 is 1.30 bits per heavy atom. The molecule has 2 atom stereocenters. The van der Waals surface area contributed by atoms with Gasteiger partial charge in [0.25, 0.3) is 0 Å². The van der Waals surface area contributed by atoms with E-state index < -0.39 is 23.5 Å². The Balaban J connectivity index is 2.21. The molecule has 1 aliphatic heterocycles. The van der Waals surface area contributed by atoms with Crippen LogP contribution < -0.4 is 16.2 Å². The highest BCUT2D eigenvalue weighted by molar-refractivity contribution is 6.30. The van der Waals surface area contributed by atoms with Crippen LogP contribution >= 0.6 is 11.6 Å². The molecule has 2 unspecified atom stereocenters. The third-order valence-corrected chi connectivity index (χ3v) is 3.67. The van der Waals surface area contributed by atoms with Crippen LogP contribution in [-0.2, 0) is 5.54 Å². The van der Waals surface area contributed by atoms with E-state index in [0.717, 1.165) is 6.07 Å². The number of nitrogens with zero attached hydrogens (tertiary/aromatic N) is 1. The standard InChI is InChI=1S/C13H10ClF2N3O/c14-8-3-6(1-2-9(8)15)13(18)7-4-11(16)19-5-10(7)20-12(13)17/h1-5,12H,17-18H2. The molecule has 0 bridgehead atoms. The lowest BCUT2D eigenvalue weighted by Gasteiger charge is -2.28. The average molecular weight is 298 g/mol. The molecule has 0 radical (unpaired) electrons. The van der Waals surface area contributed by atoms with Crippen LogP contribution in [0.15, 0.2) is 30.5 Å². The lowest BCUT2D eigenvalue weighted by molar-refractivity contribution is 0.177. The molecule has 4 nitrogen and oxygen atoms in total. The summed E-state index contributed by atoms with van der Waals surface area (Å²) in [6, 6.07) is 5.12. The first kappa shape index (κ1) is 13.2. The molecule has 0 aliphatic carbocycles. The summed E-state index contributed by atoms with van der Waals surface area (Å²) in [7, 11) is 0. The molecule has 1 aromatic heterocycles. The van der Waals surface area contributed by atoms with Gasteiger partial charge in [0.15, 0.2) is 6.23 Å². The van der Waals surface area contributed by atoms with E-state index >= 15 is 0 Å². The molecular formula is C13H10ClF2N3O. The predicted molar refractivity (Wildman–Crippen MR) is 69.2 cm³/mol. The van der Waals surface area contributed by atoms with Crippen molar-refractivity contribution in [2.45, 2.75) is 11.8 Å². The summed E-state index contributed by atoms with van der Waals surface area (Å²) >= 11 is 5.76. The van der Waals surface area contributed by atoms with E-state index in [1.165, 1.54) is 24.4 Å². The van der Waals surface area contributed by atoms with E-state index in [-0.39, 0.29) is 5.02 Å². The number of ether oxygens (including phenoxy) is 1. The first-order chi connectivity index (χ1) is 9.42. The van der Waals surface area contributed by atoms with Gasteiger partial charge in [-0.05, 0) is 17.7 Å². The molecule has 0 fully saturated rings. The quantitative estimate of drug-likeness (QED) is 0.788. The van der Waals surface area contributed by atoms with Crippen LogP contribution in [0.2, 0.25) is 5.02 Å². The van der Waals surface area contributed by atoms with Crippen molar-refractivity contribution in [2.24, 2.45) is 11.5 Å². The summed E-state index contributed by atoms with van der Waals surface area (Å²) in [4.78, 5) is 3.49. The lowest BCUT2D eigenvalue weighted by atomic mass is 9.84. The number of benzene rings is 1. The third-order valence-electron chi connectivity index (χ3n) is 3.38. The molecule has 0 spiro atoms. The van der Waals surface area contributed by atoms with E-state index in [1.807, 2.05) is 0 Å². The summed E-state index contributed by atoms with van der Waals surface area (Å²) in [6.07, 6.45) is 0.257. The fourth-order valence-corrected chi connectivity index (χ4v) is 2.47. The van der Waals surface area contributed by atoms with Gasteiger partial charge < -0.3 is 10.5 Å². The van der Waals surface area contributed by atoms with Crippen LogP contribution in [0.5, 0.6) is 5.75 Å². The van der Waals surface area contributed by atoms with Gasteiger partial charge in [-0.3, -0.25) is 5.73 Å². The van der Waals surface area contributed by atoms with Crippen LogP contribution in [0, 0.1) is 11.8 Å². The maximum absolute atomic E-state index is 13.3. The minimum atomic E-state index is -1.32. The number of pyridine rings is 1. The second-order valence-electron chi connectivity index (χ2n) is 4.54. The van der Waals surface area contributed by atoms with Crippen molar-refractivity contribution in [2.75, 3.05) is 0 Å². The van der Waals surface area contributed by atoms with Crippen LogP contribution in [0.1, 0.15) is 11.1 Å². The van der Waals surface area contributed by atoms with Gasteiger partial charge in [-0.25, -0.2) is 9.37 Å². The molecule has 7 heteroatoms. The predicted octanol–water partition coefficient (Wildman–Crippen LogP) is 1.89. The number of aromatic nitrogens is 1. The van der Waals surface area contributed by atoms with E-state index in [2.05, 4.69) is 4.98 Å². The molecule has 0 saturated heterocycles. The van der Waals surface area contributed by atoms with Crippen molar-refractivity contribution in [1.82, 2.24) is 4.98 Å². The molecule has 2 heterocycles. The highest BCUT2D eigenvalue weighted by atomic mass is 35.5. The molecule has 4 N–H and O–H groups in total. The monoisotopic (exact) mass is 297 g/mol. The SMILES string of the molecule is NC1Oc2cnc(F)cc2C1(N)c1ccc(F)c(Cl)c1.